The molecular formula is C16H15ClF2N2O3S. The minimum Gasteiger partial charge on any atom is -0.325 e. The van der Waals surface area contributed by atoms with Gasteiger partial charge in [0, 0.05) is 13.0 Å². The molecule has 2 rings (SSSR count). The van der Waals surface area contributed by atoms with Gasteiger partial charge in [0.25, 0.3) is 0 Å². The van der Waals surface area contributed by atoms with Crippen molar-refractivity contribution in [3.05, 3.63) is 59.1 Å². The number of rotatable bonds is 6. The van der Waals surface area contributed by atoms with E-state index < -0.39 is 39.8 Å². The van der Waals surface area contributed by atoms with Crippen molar-refractivity contribution in [1.29, 1.82) is 0 Å². The number of benzene rings is 2. The van der Waals surface area contributed by atoms with Gasteiger partial charge in [-0.1, -0.05) is 29.8 Å². The second-order valence-electron chi connectivity index (χ2n) is 5.18. The SMILES string of the molecule is CS(=O)(=O)N(CCC(=O)Nc1ccccc1Cl)c1c(F)cccc1F. The molecule has 0 heterocycles. The van der Waals surface area contributed by atoms with E-state index in [0.717, 1.165) is 24.5 Å². The first kappa shape index (κ1) is 19.1. The molecule has 25 heavy (non-hydrogen) atoms. The highest BCUT2D eigenvalue weighted by atomic mass is 35.5. The summed E-state index contributed by atoms with van der Waals surface area (Å²) in [6.45, 7) is -0.424. The van der Waals surface area contributed by atoms with E-state index in [1.54, 1.807) is 24.3 Å². The molecule has 2 aromatic carbocycles. The lowest BCUT2D eigenvalue weighted by Gasteiger charge is -2.23. The number of hydrogen-bond donors (Lipinski definition) is 1. The van der Waals surface area contributed by atoms with Crippen LogP contribution < -0.4 is 9.62 Å². The number of nitrogens with one attached hydrogen (secondary N) is 1. The van der Waals surface area contributed by atoms with E-state index in [-0.39, 0.29) is 6.42 Å². The molecule has 0 unspecified atom stereocenters. The topological polar surface area (TPSA) is 66.5 Å². The smallest absolute Gasteiger partial charge is 0.232 e. The number of nitrogens with zero attached hydrogens (tertiary/aromatic N) is 1. The zero-order valence-corrected chi connectivity index (χ0v) is 14.7. The standard InChI is InChI=1S/C16H15ClF2N2O3S/c1-25(23,24)21(16-12(18)6-4-7-13(16)19)10-9-15(22)20-14-8-3-2-5-11(14)17/h2-8H,9-10H2,1H3,(H,20,22). The molecule has 134 valence electrons. The molecule has 5 nitrogen and oxygen atoms in total. The molecule has 0 fully saturated rings. The third-order valence-electron chi connectivity index (χ3n) is 3.28. The summed E-state index contributed by atoms with van der Waals surface area (Å²) in [5, 5.41) is 2.83. The Kier molecular flexibility index (Phi) is 5.97. The molecule has 0 spiro atoms. The van der Waals surface area contributed by atoms with Crippen LogP contribution in [0.15, 0.2) is 42.5 Å². The summed E-state index contributed by atoms with van der Waals surface area (Å²) in [6.07, 6.45) is 0.497. The van der Waals surface area contributed by atoms with Crippen LogP contribution in [0.4, 0.5) is 20.2 Å². The molecule has 0 saturated carbocycles. The molecule has 0 bridgehead atoms. The second-order valence-corrected chi connectivity index (χ2v) is 7.50. The minimum atomic E-state index is -3.99. The van der Waals surface area contributed by atoms with Crippen molar-refractivity contribution in [2.24, 2.45) is 0 Å². The summed E-state index contributed by atoms with van der Waals surface area (Å²) < 4.78 is 52.1. The second kappa shape index (κ2) is 7.79. The summed E-state index contributed by atoms with van der Waals surface area (Å²) in [7, 11) is -3.99. The number of halogens is 3. The van der Waals surface area contributed by atoms with Crippen LogP contribution in [0.1, 0.15) is 6.42 Å². The van der Waals surface area contributed by atoms with Gasteiger partial charge in [0.2, 0.25) is 15.9 Å². The van der Waals surface area contributed by atoms with E-state index >= 15 is 0 Å². The molecule has 0 radical (unpaired) electrons. The Morgan fingerprint density at radius 1 is 1.12 bits per heavy atom. The van der Waals surface area contributed by atoms with Gasteiger partial charge in [-0.2, -0.15) is 0 Å². The van der Waals surface area contributed by atoms with Crippen molar-refractivity contribution >= 4 is 38.9 Å². The summed E-state index contributed by atoms with van der Waals surface area (Å²) in [6, 6.07) is 9.52. The highest BCUT2D eigenvalue weighted by Gasteiger charge is 2.25. The zero-order valence-electron chi connectivity index (χ0n) is 13.2. The van der Waals surface area contributed by atoms with Gasteiger partial charge in [-0.25, -0.2) is 17.2 Å². The van der Waals surface area contributed by atoms with Gasteiger partial charge in [-0.15, -0.1) is 0 Å². The first-order valence-electron chi connectivity index (χ1n) is 7.16. The molecule has 1 amide bonds. The maximum Gasteiger partial charge on any atom is 0.232 e. The number of carbonyl (C=O) groups is 1. The van der Waals surface area contributed by atoms with Crippen molar-refractivity contribution in [2.45, 2.75) is 6.42 Å². The molecule has 0 saturated heterocycles. The largest absolute Gasteiger partial charge is 0.325 e. The third kappa shape index (κ3) is 4.90. The van der Waals surface area contributed by atoms with E-state index in [2.05, 4.69) is 5.32 Å². The molecule has 1 N–H and O–H groups in total. The fourth-order valence-corrected chi connectivity index (χ4v) is 3.26. The molecule has 9 heteroatoms. The molecule has 2 aromatic rings. The van der Waals surface area contributed by atoms with Crippen LogP contribution in [-0.2, 0) is 14.8 Å². The Hall–Kier alpha value is -2.19. The maximum absolute atomic E-state index is 13.9. The maximum atomic E-state index is 13.9. The van der Waals surface area contributed by atoms with Crippen molar-refractivity contribution in [2.75, 3.05) is 22.4 Å². The quantitative estimate of drug-likeness (QED) is 0.824. The van der Waals surface area contributed by atoms with Crippen LogP contribution in [-0.4, -0.2) is 27.1 Å². The fourth-order valence-electron chi connectivity index (χ4n) is 2.15. The Bertz CT molecular complexity index is 870. The van der Waals surface area contributed by atoms with E-state index in [9.17, 15) is 22.0 Å². The van der Waals surface area contributed by atoms with Crippen molar-refractivity contribution < 1.29 is 22.0 Å². The molecule has 0 atom stereocenters. The van der Waals surface area contributed by atoms with Gasteiger partial charge in [0.05, 0.1) is 17.0 Å². The van der Waals surface area contributed by atoms with E-state index in [1.807, 2.05) is 0 Å². The number of para-hydroxylation sites is 2. The number of anilines is 2. The van der Waals surface area contributed by atoms with E-state index in [4.69, 9.17) is 11.6 Å². The monoisotopic (exact) mass is 388 g/mol. The molecular weight excluding hydrogens is 374 g/mol. The van der Waals surface area contributed by atoms with Crippen LogP contribution in [0, 0.1) is 11.6 Å². The van der Waals surface area contributed by atoms with Gasteiger partial charge < -0.3 is 5.32 Å². The number of carbonyl (C=O) groups excluding carboxylic acids is 1. The lowest BCUT2D eigenvalue weighted by atomic mass is 10.2. The first-order chi connectivity index (χ1) is 11.7. The summed E-state index contributed by atoms with van der Waals surface area (Å²) in [5.74, 6) is -2.60. The predicted octanol–water partition coefficient (Wildman–Crippen LogP) is 3.41. The van der Waals surface area contributed by atoms with E-state index in [0.29, 0.717) is 15.0 Å². The van der Waals surface area contributed by atoms with Crippen LogP contribution in [0.25, 0.3) is 0 Å². The lowest BCUT2D eigenvalue weighted by molar-refractivity contribution is -0.116. The average molecular weight is 389 g/mol. The van der Waals surface area contributed by atoms with Crippen molar-refractivity contribution in [3.8, 4) is 0 Å². The predicted molar refractivity (Wildman–Crippen MR) is 93.2 cm³/mol. The van der Waals surface area contributed by atoms with Crippen LogP contribution >= 0.6 is 11.6 Å². The first-order valence-corrected chi connectivity index (χ1v) is 9.39. The van der Waals surface area contributed by atoms with Gasteiger partial charge >= 0.3 is 0 Å². The average Bonchev–Trinajstić information content (AvgIpc) is 2.51. The van der Waals surface area contributed by atoms with Crippen LogP contribution in [0.5, 0.6) is 0 Å². The Morgan fingerprint density at radius 2 is 1.72 bits per heavy atom. The highest BCUT2D eigenvalue weighted by Crippen LogP contribution is 2.26. The number of sulfonamides is 1. The zero-order chi connectivity index (χ0) is 18.6. The van der Waals surface area contributed by atoms with Gasteiger partial charge in [-0.05, 0) is 24.3 Å². The molecule has 0 aliphatic heterocycles. The summed E-state index contributed by atoms with van der Waals surface area (Å²) in [4.78, 5) is 12.0. The lowest BCUT2D eigenvalue weighted by Crippen LogP contribution is -2.34. The highest BCUT2D eigenvalue weighted by molar-refractivity contribution is 7.92. The molecule has 0 aromatic heterocycles. The molecule has 0 aliphatic carbocycles. The molecule has 0 aliphatic rings. The van der Waals surface area contributed by atoms with Crippen molar-refractivity contribution in [1.82, 2.24) is 0 Å². The number of amides is 1. The van der Waals surface area contributed by atoms with Crippen LogP contribution in [0.2, 0.25) is 5.02 Å². The summed E-state index contributed by atoms with van der Waals surface area (Å²) in [5.41, 5.74) is -0.354. The van der Waals surface area contributed by atoms with Gasteiger partial charge in [0.15, 0.2) is 11.6 Å². The minimum absolute atomic E-state index is 0.313. The Labute approximate surface area is 149 Å². The van der Waals surface area contributed by atoms with Gasteiger partial charge in [0.1, 0.15) is 5.69 Å². The van der Waals surface area contributed by atoms with Crippen LogP contribution in [0.3, 0.4) is 0 Å². The fraction of sp³-hybridized carbons (Fsp3) is 0.188. The van der Waals surface area contributed by atoms with Gasteiger partial charge in [-0.3, -0.25) is 9.10 Å². The Morgan fingerprint density at radius 3 is 2.28 bits per heavy atom. The van der Waals surface area contributed by atoms with Crippen molar-refractivity contribution in [3.63, 3.8) is 0 Å². The van der Waals surface area contributed by atoms with E-state index in [1.165, 1.54) is 0 Å². The normalized spacial score (nSPS) is 11.2. The Balaban J connectivity index is 2.17. The summed E-state index contributed by atoms with van der Waals surface area (Å²) >= 11 is 5.92. The number of hydrogen-bond acceptors (Lipinski definition) is 3. The third-order valence-corrected chi connectivity index (χ3v) is 4.77.